The zero-order valence-corrected chi connectivity index (χ0v) is 32.8. The Balaban J connectivity index is 4.17. The zero-order chi connectivity index (χ0) is 39.7. The first-order valence-corrected chi connectivity index (χ1v) is 23.6. The van der Waals surface area contributed by atoms with Crippen LogP contribution in [0, 0.1) is 0 Å². The summed E-state index contributed by atoms with van der Waals surface area (Å²) in [6.45, 7) is -6.57. The molecule has 0 aromatic heterocycles. The summed E-state index contributed by atoms with van der Waals surface area (Å²) in [4.78, 5) is 88.0. The van der Waals surface area contributed by atoms with E-state index in [0.29, 0.717) is 0 Å². The van der Waals surface area contributed by atoms with Crippen LogP contribution in [0.3, 0.4) is 0 Å². The minimum absolute atomic E-state index is 0.702. The van der Waals surface area contributed by atoms with Crippen molar-refractivity contribution < 1.29 is 130 Å². The Labute approximate surface area is 290 Å². The van der Waals surface area contributed by atoms with Gasteiger partial charge < -0.3 is 93.5 Å². The highest BCUT2D eigenvalue weighted by Crippen LogP contribution is 2.48. The summed E-state index contributed by atoms with van der Waals surface area (Å²) in [7, 11) is -35.5. The molecule has 1 N–H and O–H groups in total. The molecule has 0 aliphatic carbocycles. The molecule has 28 nitrogen and oxygen atoms in total. The quantitative estimate of drug-likeness (QED) is 0.0545. The summed E-state index contributed by atoms with van der Waals surface area (Å²) >= 11 is 0. The summed E-state index contributed by atoms with van der Waals surface area (Å²) in [6.07, 6.45) is 0. The molecule has 0 heterocycles. The third kappa shape index (κ3) is 32.7. The van der Waals surface area contributed by atoms with Crippen LogP contribution in [0.4, 0.5) is 0 Å². The van der Waals surface area contributed by atoms with E-state index >= 15 is 0 Å². The van der Waals surface area contributed by atoms with Gasteiger partial charge in [-0.2, -0.15) is 0 Å². The maximum absolute atomic E-state index is 11.7. The predicted octanol–water partition coefficient (Wildman–Crippen LogP) is -2.73. The molecule has 0 radical (unpaired) electrons. The summed E-state index contributed by atoms with van der Waals surface area (Å²) in [6, 6.07) is 0. The second-order valence-corrected chi connectivity index (χ2v) is 18.9. The molecular weight excluding hydrogens is 857 g/mol. The largest absolute Gasteiger partial charge is 0.790 e. The summed E-state index contributed by atoms with van der Waals surface area (Å²) in [5.74, 6) is 0. The van der Waals surface area contributed by atoms with Crippen molar-refractivity contribution in [2.24, 2.45) is 0 Å². The summed E-state index contributed by atoms with van der Waals surface area (Å²) in [5, 5.41) is 0. The lowest BCUT2D eigenvalue weighted by molar-refractivity contribution is -0.342. The van der Waals surface area contributed by atoms with Crippen LogP contribution >= 0.6 is 54.8 Å². The second-order valence-electron chi connectivity index (χ2n) is 9.35. The van der Waals surface area contributed by atoms with E-state index in [2.05, 4.69) is 54.3 Å². The van der Waals surface area contributed by atoms with Crippen molar-refractivity contribution in [3.05, 3.63) is 0 Å². The Morgan fingerprint density at radius 1 is 0.373 bits per heavy atom. The molecular formula is C16H34O28P7-7. The van der Waals surface area contributed by atoms with Gasteiger partial charge in [0.1, 0.15) is 0 Å². The van der Waals surface area contributed by atoms with Crippen LogP contribution in [0.25, 0.3) is 0 Å². The van der Waals surface area contributed by atoms with Crippen molar-refractivity contribution in [3.8, 4) is 0 Å². The Bertz CT molecular complexity index is 1360. The molecule has 51 heavy (non-hydrogen) atoms. The molecule has 6 unspecified atom stereocenters. The van der Waals surface area contributed by atoms with Gasteiger partial charge in [0.25, 0.3) is 39.1 Å². The van der Waals surface area contributed by atoms with Gasteiger partial charge in [0, 0.05) is 0 Å². The predicted molar refractivity (Wildman–Crippen MR) is 148 cm³/mol. The fourth-order valence-electron chi connectivity index (χ4n) is 2.35. The van der Waals surface area contributed by atoms with E-state index in [9.17, 15) is 71.1 Å². The van der Waals surface area contributed by atoms with Gasteiger partial charge in [-0.15, -0.1) is 0 Å². The number of phosphoric acid groups is 7. The van der Waals surface area contributed by atoms with Gasteiger partial charge in [0.2, 0.25) is 0 Å². The standard InChI is InChI=1S/C16H41O28P7/c1-16(2,3)44-51(30,31)43-15-14-42-50(28,29)41-13-12-40-49(26,27)39-11-10-38-48(24,25)37-9-8-36-47(22,23)35-7-6-34-46(20,21)33-5-4-32-45(17,18)19/h4-15H2,1-3H3,(H,20,21)(H,22,23)(H,24,25)(H,26,27)(H,28,29)(H,30,31)(H2,17,18,19)/p-7. The van der Waals surface area contributed by atoms with Crippen LogP contribution < -0.4 is 34.3 Å². The van der Waals surface area contributed by atoms with Crippen LogP contribution in [0.5, 0.6) is 0 Å². The number of phosphoric ester groups is 7. The third-order valence-electron chi connectivity index (χ3n) is 3.89. The van der Waals surface area contributed by atoms with Crippen molar-refractivity contribution in [2.45, 2.75) is 26.4 Å². The normalized spacial score (nSPS) is 20.0. The molecule has 0 amide bonds. The fourth-order valence-corrected chi connectivity index (χ4v) is 7.05. The number of hydrogen-bond donors (Lipinski definition) is 1. The number of rotatable bonds is 31. The van der Waals surface area contributed by atoms with Gasteiger partial charge in [-0.3, -0.25) is 31.9 Å². The smallest absolute Gasteiger partial charge is 0.472 e. The van der Waals surface area contributed by atoms with Gasteiger partial charge in [0.15, 0.2) is 0 Å². The molecule has 0 spiro atoms. The van der Waals surface area contributed by atoms with Crippen molar-refractivity contribution in [1.82, 2.24) is 0 Å². The lowest BCUT2D eigenvalue weighted by Gasteiger charge is -2.29. The van der Waals surface area contributed by atoms with Gasteiger partial charge in [-0.25, -0.2) is 4.57 Å². The molecule has 0 bridgehead atoms. The molecule has 0 aromatic rings. The molecule has 0 fully saturated rings. The van der Waals surface area contributed by atoms with Gasteiger partial charge in [0.05, 0.1) is 92.7 Å². The Morgan fingerprint density at radius 3 is 0.725 bits per heavy atom. The second kappa shape index (κ2) is 23.1. The number of hydrogen-bond acceptors (Lipinski definition) is 27. The molecule has 0 aliphatic rings. The SMILES string of the molecule is CC(C)(C)OP(=O)(O)OCCOP(=O)([O-])OCCOP(=O)([O-])OCCOP(=O)([O-])OCCOP(=O)([O-])OCCOP(=O)([O-])OCCOP(=O)([O-])[O-]. The Kier molecular flexibility index (Phi) is 23.5. The van der Waals surface area contributed by atoms with E-state index in [0.717, 1.165) is 0 Å². The highest BCUT2D eigenvalue weighted by molar-refractivity contribution is 7.48. The van der Waals surface area contributed by atoms with E-state index in [1.165, 1.54) is 20.8 Å². The van der Waals surface area contributed by atoms with Gasteiger partial charge >= 0.3 is 7.82 Å². The van der Waals surface area contributed by atoms with E-state index in [1.54, 1.807) is 0 Å². The van der Waals surface area contributed by atoms with Crippen LogP contribution in [-0.4, -0.2) is 89.8 Å². The first-order chi connectivity index (χ1) is 22.9. The topological polar surface area (TPSA) is 421 Å². The van der Waals surface area contributed by atoms with Gasteiger partial charge in [-0.1, -0.05) is 0 Å². The van der Waals surface area contributed by atoms with E-state index in [4.69, 9.17) is 4.52 Å². The van der Waals surface area contributed by atoms with Crippen LogP contribution in [0.15, 0.2) is 0 Å². The first kappa shape index (κ1) is 51.8. The Hall–Kier alpha value is 0.770. The molecule has 0 saturated carbocycles. The van der Waals surface area contributed by atoms with Crippen molar-refractivity contribution >= 4 is 54.8 Å². The van der Waals surface area contributed by atoms with Crippen molar-refractivity contribution in [2.75, 3.05) is 79.3 Å². The molecule has 0 rings (SSSR count). The molecule has 0 aliphatic heterocycles. The molecule has 35 heteroatoms. The van der Waals surface area contributed by atoms with Crippen molar-refractivity contribution in [1.29, 1.82) is 0 Å². The summed E-state index contributed by atoms with van der Waals surface area (Å²) < 4.78 is 136. The van der Waals surface area contributed by atoms with Crippen molar-refractivity contribution in [3.63, 3.8) is 0 Å². The maximum atomic E-state index is 11.7. The molecule has 0 aromatic carbocycles. The highest BCUT2D eigenvalue weighted by atomic mass is 31.2. The van der Waals surface area contributed by atoms with Crippen LogP contribution in [0.1, 0.15) is 20.8 Å². The highest BCUT2D eigenvalue weighted by Gasteiger charge is 2.28. The lowest BCUT2D eigenvalue weighted by atomic mass is 10.2. The molecule has 6 atom stereocenters. The van der Waals surface area contributed by atoms with Crippen LogP contribution in [-0.2, 0) is 90.8 Å². The van der Waals surface area contributed by atoms with Crippen LogP contribution in [0.2, 0.25) is 0 Å². The minimum atomic E-state index is -5.36. The van der Waals surface area contributed by atoms with E-state index < -0.39 is 140 Å². The lowest BCUT2D eigenvalue weighted by Crippen LogP contribution is -2.19. The average molecular weight is 891 g/mol. The Morgan fingerprint density at radius 2 is 0.549 bits per heavy atom. The minimum Gasteiger partial charge on any atom is -0.790 e. The van der Waals surface area contributed by atoms with E-state index in [1.807, 2.05) is 0 Å². The molecule has 308 valence electrons. The van der Waals surface area contributed by atoms with Gasteiger partial charge in [-0.05, 0) is 20.8 Å². The average Bonchev–Trinajstić information content (AvgIpc) is 2.93. The fraction of sp³-hybridized carbons (Fsp3) is 1.00. The molecule has 0 saturated heterocycles. The summed E-state index contributed by atoms with van der Waals surface area (Å²) in [5.41, 5.74) is -1.05. The first-order valence-electron chi connectivity index (χ1n) is 13.3. The zero-order valence-electron chi connectivity index (χ0n) is 26.6. The maximum Gasteiger partial charge on any atom is 0.472 e. The van der Waals surface area contributed by atoms with E-state index in [-0.39, 0.29) is 0 Å². The third-order valence-corrected chi connectivity index (χ3v) is 10.7. The monoisotopic (exact) mass is 891 g/mol.